The monoisotopic (exact) mass is 374 g/mol. The maximum atomic E-state index is 12.7. The number of rotatable bonds is 4. The maximum Gasteiger partial charge on any atom is 0.254 e. The molecular formula is C18H16Cl2N4O. The number of hydrogen-bond donors (Lipinski definition) is 0. The van der Waals surface area contributed by atoms with Gasteiger partial charge in [-0.1, -0.05) is 35.3 Å². The molecule has 0 bridgehead atoms. The van der Waals surface area contributed by atoms with Gasteiger partial charge in [0.05, 0.1) is 21.8 Å². The SMILES string of the molecule is CC(c1ccc(-n2cncn2)cc1)N(C)C(=O)c1ccc(Cl)c(Cl)c1. The van der Waals surface area contributed by atoms with Crippen molar-refractivity contribution in [2.45, 2.75) is 13.0 Å². The van der Waals surface area contributed by atoms with Crippen LogP contribution in [0, 0.1) is 0 Å². The van der Waals surface area contributed by atoms with Gasteiger partial charge < -0.3 is 4.90 Å². The molecule has 3 aromatic rings. The van der Waals surface area contributed by atoms with E-state index in [4.69, 9.17) is 23.2 Å². The Morgan fingerprint density at radius 2 is 1.84 bits per heavy atom. The zero-order valence-corrected chi connectivity index (χ0v) is 15.2. The molecule has 0 aliphatic rings. The summed E-state index contributed by atoms with van der Waals surface area (Å²) in [7, 11) is 1.76. The van der Waals surface area contributed by atoms with Crippen molar-refractivity contribution in [1.82, 2.24) is 19.7 Å². The Labute approximate surface area is 155 Å². The number of amides is 1. The first-order chi connectivity index (χ1) is 12.0. The molecule has 0 spiro atoms. The highest BCUT2D eigenvalue weighted by atomic mass is 35.5. The lowest BCUT2D eigenvalue weighted by molar-refractivity contribution is 0.0742. The second kappa shape index (κ2) is 7.25. The van der Waals surface area contributed by atoms with Crippen LogP contribution in [0.3, 0.4) is 0 Å². The van der Waals surface area contributed by atoms with Gasteiger partial charge in [-0.05, 0) is 42.8 Å². The van der Waals surface area contributed by atoms with E-state index in [-0.39, 0.29) is 11.9 Å². The molecule has 0 aliphatic carbocycles. The zero-order valence-electron chi connectivity index (χ0n) is 13.7. The molecule has 1 heterocycles. The van der Waals surface area contributed by atoms with E-state index in [2.05, 4.69) is 10.1 Å². The third-order valence-corrected chi connectivity index (χ3v) is 4.87. The van der Waals surface area contributed by atoms with Crippen molar-refractivity contribution in [3.05, 3.63) is 76.3 Å². The van der Waals surface area contributed by atoms with Gasteiger partial charge in [0.2, 0.25) is 0 Å². The Bertz CT molecular complexity index is 879. The highest BCUT2D eigenvalue weighted by molar-refractivity contribution is 6.42. The van der Waals surface area contributed by atoms with Gasteiger partial charge in [0.25, 0.3) is 5.91 Å². The van der Waals surface area contributed by atoms with Crippen LogP contribution in [0.1, 0.15) is 28.9 Å². The molecule has 2 aromatic carbocycles. The molecule has 1 amide bonds. The van der Waals surface area contributed by atoms with Gasteiger partial charge in [0, 0.05) is 12.6 Å². The lowest BCUT2D eigenvalue weighted by atomic mass is 10.1. The van der Waals surface area contributed by atoms with Crippen LogP contribution in [-0.4, -0.2) is 32.6 Å². The molecule has 25 heavy (non-hydrogen) atoms. The Balaban J connectivity index is 1.78. The van der Waals surface area contributed by atoms with E-state index in [0.29, 0.717) is 15.6 Å². The van der Waals surface area contributed by atoms with E-state index in [1.54, 1.807) is 41.2 Å². The smallest absolute Gasteiger partial charge is 0.254 e. The van der Waals surface area contributed by atoms with E-state index in [9.17, 15) is 4.79 Å². The second-order valence-electron chi connectivity index (χ2n) is 5.65. The van der Waals surface area contributed by atoms with E-state index in [0.717, 1.165) is 11.3 Å². The first-order valence-electron chi connectivity index (χ1n) is 7.64. The molecule has 0 fully saturated rings. The van der Waals surface area contributed by atoms with Crippen molar-refractivity contribution in [3.8, 4) is 5.69 Å². The summed E-state index contributed by atoms with van der Waals surface area (Å²) in [5.74, 6) is -0.119. The van der Waals surface area contributed by atoms with Crippen LogP contribution in [0.2, 0.25) is 10.0 Å². The fourth-order valence-corrected chi connectivity index (χ4v) is 2.78. The predicted octanol–water partition coefficient (Wildman–Crippen LogP) is 4.41. The maximum absolute atomic E-state index is 12.7. The molecule has 5 nitrogen and oxygen atoms in total. The van der Waals surface area contributed by atoms with Crippen LogP contribution in [-0.2, 0) is 0 Å². The van der Waals surface area contributed by atoms with E-state index in [1.807, 2.05) is 31.2 Å². The largest absolute Gasteiger partial charge is 0.335 e. The van der Waals surface area contributed by atoms with Gasteiger partial charge >= 0.3 is 0 Å². The van der Waals surface area contributed by atoms with Crippen molar-refractivity contribution in [2.75, 3.05) is 7.05 Å². The summed E-state index contributed by atoms with van der Waals surface area (Å²) in [6, 6.07) is 12.6. The number of benzene rings is 2. The fraction of sp³-hybridized carbons (Fsp3) is 0.167. The van der Waals surface area contributed by atoms with Crippen LogP contribution >= 0.6 is 23.2 Å². The molecule has 1 aromatic heterocycles. The van der Waals surface area contributed by atoms with Crippen molar-refractivity contribution in [3.63, 3.8) is 0 Å². The van der Waals surface area contributed by atoms with Gasteiger partial charge in [-0.3, -0.25) is 4.79 Å². The summed E-state index contributed by atoms with van der Waals surface area (Å²) < 4.78 is 1.68. The van der Waals surface area contributed by atoms with Gasteiger partial charge in [0.15, 0.2) is 0 Å². The Morgan fingerprint density at radius 3 is 2.44 bits per heavy atom. The first-order valence-corrected chi connectivity index (χ1v) is 8.40. The number of carbonyl (C=O) groups is 1. The lowest BCUT2D eigenvalue weighted by Gasteiger charge is -2.25. The van der Waals surface area contributed by atoms with Crippen LogP contribution in [0.25, 0.3) is 5.69 Å². The highest BCUT2D eigenvalue weighted by Crippen LogP contribution is 2.26. The van der Waals surface area contributed by atoms with Crippen molar-refractivity contribution in [2.24, 2.45) is 0 Å². The lowest BCUT2D eigenvalue weighted by Crippen LogP contribution is -2.29. The van der Waals surface area contributed by atoms with Crippen LogP contribution in [0.15, 0.2) is 55.1 Å². The third kappa shape index (κ3) is 3.67. The quantitative estimate of drug-likeness (QED) is 0.679. The summed E-state index contributed by atoms with van der Waals surface area (Å²) in [5, 5.41) is 4.89. The highest BCUT2D eigenvalue weighted by Gasteiger charge is 2.19. The molecule has 3 rings (SSSR count). The van der Waals surface area contributed by atoms with E-state index >= 15 is 0 Å². The number of hydrogen-bond acceptors (Lipinski definition) is 3. The molecule has 128 valence electrons. The Kier molecular flexibility index (Phi) is 5.06. The number of halogens is 2. The summed E-state index contributed by atoms with van der Waals surface area (Å²) in [4.78, 5) is 18.3. The normalized spacial score (nSPS) is 12.0. The van der Waals surface area contributed by atoms with Gasteiger partial charge in [-0.2, -0.15) is 5.10 Å². The zero-order chi connectivity index (χ0) is 18.0. The minimum Gasteiger partial charge on any atom is -0.335 e. The van der Waals surface area contributed by atoms with Crippen LogP contribution in [0.4, 0.5) is 0 Å². The standard InChI is InChI=1S/C18H16Cl2N4O/c1-12(13-3-6-15(7-4-13)24-11-21-10-22-24)23(2)18(25)14-5-8-16(19)17(20)9-14/h3-12H,1-2H3. The van der Waals surface area contributed by atoms with Crippen LogP contribution in [0.5, 0.6) is 0 Å². The van der Waals surface area contributed by atoms with Crippen molar-refractivity contribution in [1.29, 1.82) is 0 Å². The minimum atomic E-state index is -0.119. The van der Waals surface area contributed by atoms with Crippen molar-refractivity contribution < 1.29 is 4.79 Å². The molecule has 0 radical (unpaired) electrons. The Hall–Kier alpha value is -2.37. The molecular weight excluding hydrogens is 359 g/mol. The number of aromatic nitrogens is 3. The van der Waals surface area contributed by atoms with Crippen molar-refractivity contribution >= 4 is 29.1 Å². The average Bonchev–Trinajstić information content (AvgIpc) is 3.17. The minimum absolute atomic E-state index is 0.105. The summed E-state index contributed by atoms with van der Waals surface area (Å²) in [5.41, 5.74) is 2.43. The molecule has 0 saturated heterocycles. The molecule has 1 atom stereocenters. The predicted molar refractivity (Wildman–Crippen MR) is 98.3 cm³/mol. The molecule has 0 N–H and O–H groups in total. The molecule has 0 saturated carbocycles. The topological polar surface area (TPSA) is 51.0 Å². The molecule has 0 aliphatic heterocycles. The third-order valence-electron chi connectivity index (χ3n) is 4.13. The fourth-order valence-electron chi connectivity index (χ4n) is 2.48. The molecule has 7 heteroatoms. The Morgan fingerprint density at radius 1 is 1.12 bits per heavy atom. The number of carbonyl (C=O) groups excluding carboxylic acids is 1. The van der Waals surface area contributed by atoms with Gasteiger partial charge in [-0.25, -0.2) is 9.67 Å². The summed E-state index contributed by atoms with van der Waals surface area (Å²) in [6.07, 6.45) is 3.12. The van der Waals surface area contributed by atoms with E-state index in [1.165, 1.54) is 6.33 Å². The van der Waals surface area contributed by atoms with Gasteiger partial charge in [-0.15, -0.1) is 0 Å². The summed E-state index contributed by atoms with van der Waals surface area (Å²) in [6.45, 7) is 1.97. The van der Waals surface area contributed by atoms with E-state index < -0.39 is 0 Å². The summed E-state index contributed by atoms with van der Waals surface area (Å²) >= 11 is 11.9. The first kappa shape index (κ1) is 17.5. The second-order valence-corrected chi connectivity index (χ2v) is 6.47. The number of nitrogens with zero attached hydrogens (tertiary/aromatic N) is 4. The van der Waals surface area contributed by atoms with Crippen LogP contribution < -0.4 is 0 Å². The average molecular weight is 375 g/mol. The molecule has 1 unspecified atom stereocenters. The van der Waals surface area contributed by atoms with Gasteiger partial charge in [0.1, 0.15) is 12.7 Å².